The number of fused-ring (bicyclic) bond motifs is 1. The Hall–Kier alpha value is -1.63. The molecular formula is C24H43N5O. The maximum absolute atomic E-state index is 12.1. The van der Waals surface area contributed by atoms with E-state index < -0.39 is 0 Å². The van der Waals surface area contributed by atoms with Crippen LogP contribution < -0.4 is 11.1 Å². The zero-order valence-electron chi connectivity index (χ0n) is 19.8. The number of anilines is 1. The Balaban J connectivity index is 0.000000220. The van der Waals surface area contributed by atoms with Gasteiger partial charge in [0, 0.05) is 45.5 Å². The Morgan fingerprint density at radius 3 is 2.20 bits per heavy atom. The Bertz CT molecular complexity index is 664. The van der Waals surface area contributed by atoms with Crippen molar-refractivity contribution in [3.05, 3.63) is 28.8 Å². The number of amides is 1. The van der Waals surface area contributed by atoms with Gasteiger partial charge in [-0.25, -0.2) is 0 Å². The summed E-state index contributed by atoms with van der Waals surface area (Å²) in [5, 5.41) is 3.27. The third kappa shape index (κ3) is 6.96. The van der Waals surface area contributed by atoms with Gasteiger partial charge in [0.25, 0.3) is 5.91 Å². The van der Waals surface area contributed by atoms with Crippen LogP contribution in [0.2, 0.25) is 0 Å². The Morgan fingerprint density at radius 2 is 1.70 bits per heavy atom. The minimum Gasteiger partial charge on any atom is -0.398 e. The fourth-order valence-electron chi connectivity index (χ4n) is 4.18. The number of carbonyl (C=O) groups is 1. The van der Waals surface area contributed by atoms with Gasteiger partial charge in [-0.1, -0.05) is 32.3 Å². The number of carbonyl (C=O) groups excluding carboxylic acids is 1. The molecule has 2 heterocycles. The number of piperazine rings is 1. The van der Waals surface area contributed by atoms with Crippen molar-refractivity contribution in [1.82, 2.24) is 20.0 Å². The van der Waals surface area contributed by atoms with E-state index in [-0.39, 0.29) is 5.91 Å². The average molecular weight is 418 g/mol. The number of likely N-dealkylation sites (N-methyl/N-ethyl adjacent to an activating group) is 1. The molecular weight excluding hydrogens is 374 g/mol. The van der Waals surface area contributed by atoms with Gasteiger partial charge in [0.1, 0.15) is 0 Å². The SMILES string of the molecule is CCN(C)C.CN1CCNCC1.CN1Cc2c(C3CCCCC3)ccc(N)c2C1=O. The van der Waals surface area contributed by atoms with Crippen LogP contribution in [0.5, 0.6) is 0 Å². The van der Waals surface area contributed by atoms with Crippen LogP contribution in [-0.2, 0) is 6.54 Å². The van der Waals surface area contributed by atoms with E-state index in [2.05, 4.69) is 49.2 Å². The summed E-state index contributed by atoms with van der Waals surface area (Å²) in [5.74, 6) is 0.715. The summed E-state index contributed by atoms with van der Waals surface area (Å²) in [6, 6.07) is 4.07. The number of nitrogens with zero attached hydrogens (tertiary/aromatic N) is 3. The molecule has 3 aliphatic rings. The molecule has 0 atom stereocenters. The molecule has 3 N–H and O–H groups in total. The monoisotopic (exact) mass is 417 g/mol. The Morgan fingerprint density at radius 1 is 1.10 bits per heavy atom. The number of hydrogen-bond donors (Lipinski definition) is 2. The molecule has 4 rings (SSSR count). The standard InChI is InChI=1S/C15H20N2O.C5H12N2.C4H11N/c1-17-9-12-11(10-5-3-2-4-6-10)7-8-13(16)14(12)15(17)18;1-7-4-2-6-3-5-7;1-4-5(2)3/h7-8,10H,2-6,9,16H2,1H3;6H,2-5H2,1H3;4H2,1-3H3. The van der Waals surface area contributed by atoms with Crippen molar-refractivity contribution >= 4 is 11.6 Å². The lowest BCUT2D eigenvalue weighted by Crippen LogP contribution is -2.40. The van der Waals surface area contributed by atoms with Gasteiger partial charge in [-0.05, 0) is 63.6 Å². The smallest absolute Gasteiger partial charge is 0.256 e. The first kappa shape index (κ1) is 24.6. The zero-order valence-corrected chi connectivity index (χ0v) is 19.8. The van der Waals surface area contributed by atoms with E-state index in [1.807, 2.05) is 13.1 Å². The lowest BCUT2D eigenvalue weighted by Gasteiger charge is -2.24. The highest BCUT2D eigenvalue weighted by atomic mass is 16.2. The van der Waals surface area contributed by atoms with E-state index in [0.29, 0.717) is 11.6 Å². The van der Waals surface area contributed by atoms with E-state index in [9.17, 15) is 4.79 Å². The molecule has 30 heavy (non-hydrogen) atoms. The van der Waals surface area contributed by atoms with Crippen molar-refractivity contribution in [3.63, 3.8) is 0 Å². The molecule has 170 valence electrons. The third-order valence-corrected chi connectivity index (χ3v) is 6.36. The van der Waals surface area contributed by atoms with Crippen LogP contribution in [-0.4, -0.2) is 81.5 Å². The number of hydrogen-bond acceptors (Lipinski definition) is 5. The summed E-state index contributed by atoms with van der Waals surface area (Å²) in [7, 11) is 8.12. The molecule has 0 unspecified atom stereocenters. The van der Waals surface area contributed by atoms with Crippen LogP contribution in [0.25, 0.3) is 0 Å². The second-order valence-corrected chi connectivity index (χ2v) is 9.04. The molecule has 1 aromatic carbocycles. The first-order valence-electron chi connectivity index (χ1n) is 11.6. The fraction of sp³-hybridized carbons (Fsp3) is 0.708. The second kappa shape index (κ2) is 12.3. The molecule has 1 amide bonds. The van der Waals surface area contributed by atoms with Crippen molar-refractivity contribution < 1.29 is 4.79 Å². The highest BCUT2D eigenvalue weighted by Crippen LogP contribution is 2.39. The number of nitrogen functional groups attached to an aromatic ring is 1. The van der Waals surface area contributed by atoms with E-state index in [1.165, 1.54) is 56.3 Å². The molecule has 2 aliphatic heterocycles. The minimum absolute atomic E-state index is 0.0835. The minimum atomic E-state index is 0.0835. The normalized spacial score (nSPS) is 19.7. The molecule has 2 fully saturated rings. The molecule has 6 heteroatoms. The molecule has 1 saturated carbocycles. The second-order valence-electron chi connectivity index (χ2n) is 9.04. The first-order chi connectivity index (χ1) is 14.3. The molecule has 0 aromatic heterocycles. The predicted molar refractivity (Wildman–Crippen MR) is 127 cm³/mol. The van der Waals surface area contributed by atoms with Crippen LogP contribution >= 0.6 is 0 Å². The van der Waals surface area contributed by atoms with Crippen molar-refractivity contribution in [2.75, 3.05) is 66.6 Å². The topological polar surface area (TPSA) is 64.8 Å². The molecule has 6 nitrogen and oxygen atoms in total. The first-order valence-corrected chi connectivity index (χ1v) is 11.6. The quantitative estimate of drug-likeness (QED) is 0.724. The predicted octanol–water partition coefficient (Wildman–Crippen LogP) is 2.99. The summed E-state index contributed by atoms with van der Waals surface area (Å²) in [4.78, 5) is 18.3. The average Bonchev–Trinajstić information content (AvgIpc) is 3.05. The lowest BCUT2D eigenvalue weighted by molar-refractivity contribution is 0.0817. The van der Waals surface area contributed by atoms with E-state index in [1.54, 1.807) is 4.90 Å². The molecule has 0 radical (unpaired) electrons. The third-order valence-electron chi connectivity index (χ3n) is 6.36. The van der Waals surface area contributed by atoms with E-state index in [0.717, 1.165) is 31.7 Å². The van der Waals surface area contributed by atoms with Gasteiger partial charge in [0.2, 0.25) is 0 Å². The van der Waals surface area contributed by atoms with Crippen LogP contribution in [0.4, 0.5) is 5.69 Å². The fourth-order valence-corrected chi connectivity index (χ4v) is 4.18. The largest absolute Gasteiger partial charge is 0.398 e. The van der Waals surface area contributed by atoms with Gasteiger partial charge in [-0.15, -0.1) is 0 Å². The van der Waals surface area contributed by atoms with Gasteiger partial charge in [0.15, 0.2) is 0 Å². The van der Waals surface area contributed by atoms with Crippen molar-refractivity contribution in [2.24, 2.45) is 0 Å². The van der Waals surface area contributed by atoms with Crippen LogP contribution in [0.15, 0.2) is 12.1 Å². The molecule has 0 bridgehead atoms. The summed E-state index contributed by atoms with van der Waals surface area (Å²) in [5.41, 5.74) is 9.94. The highest BCUT2D eigenvalue weighted by Gasteiger charge is 2.31. The maximum Gasteiger partial charge on any atom is 0.256 e. The van der Waals surface area contributed by atoms with Crippen molar-refractivity contribution in [1.29, 1.82) is 0 Å². The molecule has 1 saturated heterocycles. The van der Waals surface area contributed by atoms with E-state index >= 15 is 0 Å². The van der Waals surface area contributed by atoms with Gasteiger partial charge in [-0.2, -0.15) is 0 Å². The number of benzene rings is 1. The summed E-state index contributed by atoms with van der Waals surface area (Å²) >= 11 is 0. The van der Waals surface area contributed by atoms with Crippen LogP contribution in [0.3, 0.4) is 0 Å². The van der Waals surface area contributed by atoms with Crippen molar-refractivity contribution in [2.45, 2.75) is 51.5 Å². The number of rotatable bonds is 2. The van der Waals surface area contributed by atoms with Gasteiger partial charge in [0.05, 0.1) is 5.56 Å². The van der Waals surface area contributed by atoms with E-state index in [4.69, 9.17) is 5.73 Å². The molecule has 1 aliphatic carbocycles. The molecule has 1 aromatic rings. The van der Waals surface area contributed by atoms with Crippen LogP contribution in [0.1, 0.15) is 66.4 Å². The van der Waals surface area contributed by atoms with Gasteiger partial charge < -0.3 is 25.8 Å². The number of nitrogens with two attached hydrogens (primary N) is 1. The highest BCUT2D eigenvalue weighted by molar-refractivity contribution is 6.03. The Kier molecular flexibility index (Phi) is 10.1. The molecule has 0 spiro atoms. The van der Waals surface area contributed by atoms with Gasteiger partial charge in [-0.3, -0.25) is 4.79 Å². The zero-order chi connectivity index (χ0) is 22.1. The van der Waals surface area contributed by atoms with Crippen molar-refractivity contribution in [3.8, 4) is 0 Å². The maximum atomic E-state index is 12.1. The Labute approximate surface area is 183 Å². The van der Waals surface area contributed by atoms with Gasteiger partial charge >= 0.3 is 0 Å². The van der Waals surface area contributed by atoms with Crippen LogP contribution in [0, 0.1) is 0 Å². The summed E-state index contributed by atoms with van der Waals surface area (Å²) in [6.45, 7) is 8.73. The lowest BCUT2D eigenvalue weighted by atomic mass is 9.81. The number of nitrogens with one attached hydrogen (secondary N) is 1. The summed E-state index contributed by atoms with van der Waals surface area (Å²) < 4.78 is 0. The summed E-state index contributed by atoms with van der Waals surface area (Å²) in [6.07, 6.45) is 6.50.